The fraction of sp³-hybridized carbons (Fsp3) is 0.259. The third-order valence-electron chi connectivity index (χ3n) is 6.61. The van der Waals surface area contributed by atoms with Gasteiger partial charge in [0.05, 0.1) is 11.6 Å². The van der Waals surface area contributed by atoms with Gasteiger partial charge in [-0.15, -0.1) is 0 Å². The zero-order valence-electron chi connectivity index (χ0n) is 17.6. The molecule has 3 aromatic rings. The van der Waals surface area contributed by atoms with Crippen molar-refractivity contribution in [2.24, 2.45) is 5.16 Å². The zero-order valence-corrected chi connectivity index (χ0v) is 17.6. The molecule has 1 spiro atoms. The van der Waals surface area contributed by atoms with Crippen molar-refractivity contribution >= 4 is 11.5 Å². The largest absolute Gasteiger partial charge is 0.378 e. The van der Waals surface area contributed by atoms with Crippen LogP contribution >= 0.6 is 0 Å². The second-order valence-electron chi connectivity index (χ2n) is 8.40. The van der Waals surface area contributed by atoms with E-state index in [-0.39, 0.29) is 17.7 Å². The van der Waals surface area contributed by atoms with Gasteiger partial charge in [-0.2, -0.15) is 0 Å². The Morgan fingerprint density at radius 3 is 2.23 bits per heavy atom. The van der Waals surface area contributed by atoms with E-state index >= 15 is 0 Å². The number of carbonyl (C=O) groups excluding carboxylic acids is 1. The highest BCUT2D eigenvalue weighted by atomic mass is 16.7. The van der Waals surface area contributed by atoms with Crippen molar-refractivity contribution in [3.63, 3.8) is 0 Å². The van der Waals surface area contributed by atoms with E-state index < -0.39 is 5.60 Å². The van der Waals surface area contributed by atoms with E-state index in [1.54, 1.807) is 0 Å². The molecule has 3 aromatic carbocycles. The second kappa shape index (κ2) is 8.12. The summed E-state index contributed by atoms with van der Waals surface area (Å²) in [6.45, 7) is 3.44. The SMILES string of the molecule is C[C@H](c1ccccc1)N1CCC(=O)[C@]2(C1)ON=C(c1ccccc1)[C@H]2c1ccccc1. The van der Waals surface area contributed by atoms with Gasteiger partial charge in [0.15, 0.2) is 5.78 Å². The third kappa shape index (κ3) is 3.47. The van der Waals surface area contributed by atoms with Crippen molar-refractivity contribution in [1.29, 1.82) is 0 Å². The van der Waals surface area contributed by atoms with Gasteiger partial charge in [0.1, 0.15) is 0 Å². The standard InChI is InChI=1S/C27H26N2O2/c1-20(21-11-5-2-6-12-21)29-18-17-24(30)27(19-29)25(22-13-7-3-8-14-22)26(28-31-27)23-15-9-4-10-16-23/h2-16,20,25H,17-19H2,1H3/t20-,25-,27+/m1/s1. The fourth-order valence-electron chi connectivity index (χ4n) is 4.89. The Balaban J connectivity index is 1.55. The minimum absolute atomic E-state index is 0.132. The van der Waals surface area contributed by atoms with E-state index in [9.17, 15) is 4.79 Å². The predicted molar refractivity (Wildman–Crippen MR) is 122 cm³/mol. The molecule has 0 radical (unpaired) electrons. The summed E-state index contributed by atoms with van der Waals surface area (Å²) in [7, 11) is 0. The lowest BCUT2D eigenvalue weighted by atomic mass is 9.72. The van der Waals surface area contributed by atoms with Gasteiger partial charge in [-0.25, -0.2) is 0 Å². The monoisotopic (exact) mass is 410 g/mol. The lowest BCUT2D eigenvalue weighted by Crippen LogP contribution is -2.58. The smallest absolute Gasteiger partial charge is 0.220 e. The van der Waals surface area contributed by atoms with Gasteiger partial charge in [-0.1, -0.05) is 96.2 Å². The maximum absolute atomic E-state index is 13.5. The lowest BCUT2D eigenvalue weighted by molar-refractivity contribution is -0.153. The van der Waals surface area contributed by atoms with Crippen LogP contribution in [0.5, 0.6) is 0 Å². The molecule has 0 amide bonds. The Bertz CT molecular complexity index is 1080. The number of ketones is 1. The first-order valence-electron chi connectivity index (χ1n) is 10.9. The molecular formula is C27H26N2O2. The average Bonchev–Trinajstić information content (AvgIpc) is 3.22. The van der Waals surface area contributed by atoms with E-state index in [0.717, 1.165) is 23.4 Å². The summed E-state index contributed by atoms with van der Waals surface area (Å²) in [4.78, 5) is 22.0. The first kappa shape index (κ1) is 19.7. The molecule has 0 N–H and O–H groups in total. The van der Waals surface area contributed by atoms with Crippen LogP contribution in [0.25, 0.3) is 0 Å². The average molecular weight is 411 g/mol. The minimum atomic E-state index is -1.01. The highest BCUT2D eigenvalue weighted by Crippen LogP contribution is 2.45. The Hall–Kier alpha value is -3.24. The molecule has 4 nitrogen and oxygen atoms in total. The molecule has 156 valence electrons. The summed E-state index contributed by atoms with van der Waals surface area (Å²) >= 11 is 0. The molecule has 3 atom stereocenters. The first-order chi connectivity index (χ1) is 15.2. The summed E-state index contributed by atoms with van der Waals surface area (Å²) in [5.74, 6) is -0.109. The highest BCUT2D eigenvalue weighted by Gasteiger charge is 2.58. The lowest BCUT2D eigenvalue weighted by Gasteiger charge is -2.43. The molecule has 0 bridgehead atoms. The second-order valence-corrected chi connectivity index (χ2v) is 8.40. The van der Waals surface area contributed by atoms with E-state index in [2.05, 4.69) is 53.4 Å². The molecule has 31 heavy (non-hydrogen) atoms. The minimum Gasteiger partial charge on any atom is -0.378 e. The maximum Gasteiger partial charge on any atom is 0.220 e. The van der Waals surface area contributed by atoms with Gasteiger partial charge in [0.2, 0.25) is 5.60 Å². The van der Waals surface area contributed by atoms with Crippen molar-refractivity contribution in [3.05, 3.63) is 108 Å². The highest BCUT2D eigenvalue weighted by molar-refractivity contribution is 6.11. The molecule has 4 heteroatoms. The van der Waals surface area contributed by atoms with Crippen LogP contribution in [0.15, 0.2) is 96.2 Å². The number of Topliss-reactive ketones (excluding diaryl/α,β-unsaturated/α-hetero) is 1. The van der Waals surface area contributed by atoms with Crippen LogP contribution < -0.4 is 0 Å². The summed E-state index contributed by atoms with van der Waals surface area (Å²) in [5, 5.41) is 4.53. The van der Waals surface area contributed by atoms with Crippen LogP contribution in [-0.4, -0.2) is 35.1 Å². The number of rotatable bonds is 4. The Morgan fingerprint density at radius 1 is 0.935 bits per heavy atom. The van der Waals surface area contributed by atoms with Crippen molar-refractivity contribution in [2.45, 2.75) is 30.9 Å². The number of benzene rings is 3. The number of likely N-dealkylation sites (tertiary alicyclic amines) is 1. The molecule has 0 aliphatic carbocycles. The molecule has 2 heterocycles. The molecule has 0 unspecified atom stereocenters. The number of nitrogens with zero attached hydrogens (tertiary/aromatic N) is 2. The molecule has 5 rings (SSSR count). The van der Waals surface area contributed by atoms with E-state index in [1.807, 2.05) is 54.6 Å². The van der Waals surface area contributed by atoms with Gasteiger partial charge in [0.25, 0.3) is 0 Å². The van der Waals surface area contributed by atoms with Crippen LogP contribution in [0, 0.1) is 0 Å². The van der Waals surface area contributed by atoms with Crippen LogP contribution in [-0.2, 0) is 9.63 Å². The van der Waals surface area contributed by atoms with Crippen LogP contribution in [0.1, 0.15) is 42.0 Å². The van der Waals surface area contributed by atoms with Crippen LogP contribution in [0.4, 0.5) is 0 Å². The van der Waals surface area contributed by atoms with E-state index in [1.165, 1.54) is 5.56 Å². The van der Waals surface area contributed by atoms with Crippen molar-refractivity contribution in [2.75, 3.05) is 13.1 Å². The zero-order chi connectivity index (χ0) is 21.3. The molecule has 2 aliphatic rings. The topological polar surface area (TPSA) is 41.9 Å². The maximum atomic E-state index is 13.5. The van der Waals surface area contributed by atoms with Crippen molar-refractivity contribution in [3.8, 4) is 0 Å². The van der Waals surface area contributed by atoms with Gasteiger partial charge < -0.3 is 4.84 Å². The summed E-state index contributed by atoms with van der Waals surface area (Å²) < 4.78 is 0. The number of piperidine rings is 1. The van der Waals surface area contributed by atoms with Gasteiger partial charge in [-0.3, -0.25) is 9.69 Å². The quantitative estimate of drug-likeness (QED) is 0.609. The van der Waals surface area contributed by atoms with Gasteiger partial charge >= 0.3 is 0 Å². The van der Waals surface area contributed by atoms with Crippen molar-refractivity contribution in [1.82, 2.24) is 4.90 Å². The van der Waals surface area contributed by atoms with E-state index in [0.29, 0.717) is 13.0 Å². The summed E-state index contributed by atoms with van der Waals surface area (Å²) in [5.41, 5.74) is 3.12. The molecule has 0 saturated carbocycles. The molecule has 1 saturated heterocycles. The first-order valence-corrected chi connectivity index (χ1v) is 10.9. The molecule has 0 aromatic heterocycles. The molecular weight excluding hydrogens is 384 g/mol. The number of carbonyl (C=O) groups is 1. The van der Waals surface area contributed by atoms with Crippen LogP contribution in [0.3, 0.4) is 0 Å². The van der Waals surface area contributed by atoms with E-state index in [4.69, 9.17) is 4.84 Å². The van der Waals surface area contributed by atoms with Gasteiger partial charge in [0, 0.05) is 31.1 Å². The predicted octanol–water partition coefficient (Wildman–Crippen LogP) is 4.98. The number of hydrogen-bond donors (Lipinski definition) is 0. The number of oxime groups is 1. The Kier molecular flexibility index (Phi) is 5.16. The van der Waals surface area contributed by atoms with Crippen molar-refractivity contribution < 1.29 is 9.63 Å². The van der Waals surface area contributed by atoms with Crippen LogP contribution in [0.2, 0.25) is 0 Å². The number of hydrogen-bond acceptors (Lipinski definition) is 4. The Morgan fingerprint density at radius 2 is 1.55 bits per heavy atom. The molecule has 2 aliphatic heterocycles. The summed E-state index contributed by atoms with van der Waals surface area (Å²) in [6, 6.07) is 30.9. The third-order valence-corrected chi connectivity index (χ3v) is 6.61. The normalized spacial score (nSPS) is 24.6. The fourth-order valence-corrected chi connectivity index (χ4v) is 4.89. The van der Waals surface area contributed by atoms with Gasteiger partial charge in [-0.05, 0) is 18.1 Å². The Labute approximate surface area is 183 Å². The molecule has 1 fully saturated rings. The summed E-state index contributed by atoms with van der Waals surface area (Å²) in [6.07, 6.45) is 0.456.